The zero-order valence-electron chi connectivity index (χ0n) is 13.4. The smallest absolute Gasteiger partial charge is 0.265 e. The predicted molar refractivity (Wildman–Crippen MR) is 91.4 cm³/mol. The summed E-state index contributed by atoms with van der Waals surface area (Å²) in [6.07, 6.45) is 4.00. The van der Waals surface area contributed by atoms with Crippen LogP contribution in [0.5, 0.6) is 0 Å². The summed E-state index contributed by atoms with van der Waals surface area (Å²) >= 11 is 1.14. The lowest BCUT2D eigenvalue weighted by Gasteiger charge is -2.26. The molecule has 1 fully saturated rings. The molecule has 1 aliphatic rings. The fraction of sp³-hybridized carbons (Fsp3) is 0.471. The van der Waals surface area contributed by atoms with Gasteiger partial charge in [-0.05, 0) is 55.5 Å². The van der Waals surface area contributed by atoms with Crippen LogP contribution in [0.15, 0.2) is 24.3 Å². The zero-order valence-corrected chi connectivity index (χ0v) is 14.2. The summed E-state index contributed by atoms with van der Waals surface area (Å²) in [5, 5.41) is 6.79. The molecule has 0 unspecified atom stereocenters. The molecule has 0 atom stereocenters. The summed E-state index contributed by atoms with van der Waals surface area (Å²) < 4.78 is 3.79. The molecule has 1 N–H and O–H groups in total. The predicted octanol–water partition coefficient (Wildman–Crippen LogP) is 2.76. The van der Waals surface area contributed by atoms with E-state index in [1.165, 1.54) is 37.9 Å². The summed E-state index contributed by atoms with van der Waals surface area (Å²) in [6.45, 7) is 5.77. The lowest BCUT2D eigenvalue weighted by Crippen LogP contribution is -2.29. The minimum absolute atomic E-state index is 0.102. The number of carbonyl (C=O) groups is 1. The standard InChI is InChI=1S/C17H22N4OS/c1-13-16(23-20-19-13)17(22)18-11-14-5-7-15(8-6-14)12-21-9-3-2-4-10-21/h5-8H,2-4,9-12H2,1H3,(H,18,22). The second kappa shape index (κ2) is 7.66. The molecule has 1 amide bonds. The summed E-state index contributed by atoms with van der Waals surface area (Å²) in [5.41, 5.74) is 3.13. The molecule has 1 aliphatic heterocycles. The van der Waals surface area contributed by atoms with Crippen LogP contribution in [-0.4, -0.2) is 33.5 Å². The zero-order chi connectivity index (χ0) is 16.1. The molecular formula is C17H22N4OS. The summed E-state index contributed by atoms with van der Waals surface area (Å²) in [4.78, 5) is 15.1. The monoisotopic (exact) mass is 330 g/mol. The number of nitrogens with zero attached hydrogens (tertiary/aromatic N) is 3. The van der Waals surface area contributed by atoms with Crippen molar-refractivity contribution in [2.24, 2.45) is 0 Å². The third-order valence-corrected chi connectivity index (χ3v) is 5.02. The van der Waals surface area contributed by atoms with Gasteiger partial charge in [-0.3, -0.25) is 9.69 Å². The summed E-state index contributed by atoms with van der Waals surface area (Å²) in [6, 6.07) is 8.51. The first-order chi connectivity index (χ1) is 11.2. The molecule has 2 aromatic rings. The number of carbonyl (C=O) groups excluding carboxylic acids is 1. The molecule has 3 rings (SSSR count). The van der Waals surface area contributed by atoms with E-state index in [4.69, 9.17) is 0 Å². The molecule has 0 aliphatic carbocycles. The Balaban J connectivity index is 1.51. The molecule has 0 radical (unpaired) electrons. The van der Waals surface area contributed by atoms with Crippen LogP contribution >= 0.6 is 11.5 Å². The van der Waals surface area contributed by atoms with Crippen LogP contribution in [0.4, 0.5) is 0 Å². The van der Waals surface area contributed by atoms with Gasteiger partial charge >= 0.3 is 0 Å². The number of hydrogen-bond acceptors (Lipinski definition) is 5. The number of nitrogens with one attached hydrogen (secondary N) is 1. The molecule has 0 saturated carbocycles. The number of benzene rings is 1. The highest BCUT2D eigenvalue weighted by molar-refractivity contribution is 7.07. The van der Waals surface area contributed by atoms with Crippen molar-refractivity contribution in [1.29, 1.82) is 0 Å². The highest BCUT2D eigenvalue weighted by Gasteiger charge is 2.13. The second-order valence-electron chi connectivity index (χ2n) is 6.02. The van der Waals surface area contributed by atoms with Crippen LogP contribution < -0.4 is 5.32 Å². The molecule has 6 heteroatoms. The molecule has 5 nitrogen and oxygen atoms in total. The lowest BCUT2D eigenvalue weighted by atomic mass is 10.1. The number of piperidine rings is 1. The number of likely N-dealkylation sites (tertiary alicyclic amines) is 1. The molecule has 1 aromatic carbocycles. The lowest BCUT2D eigenvalue weighted by molar-refractivity contribution is 0.0954. The van der Waals surface area contributed by atoms with Crippen molar-refractivity contribution in [2.75, 3.05) is 13.1 Å². The average Bonchev–Trinajstić information content (AvgIpc) is 3.01. The fourth-order valence-electron chi connectivity index (χ4n) is 2.84. The molecule has 122 valence electrons. The Bertz CT molecular complexity index is 647. The van der Waals surface area contributed by atoms with E-state index in [2.05, 4.69) is 44.1 Å². The van der Waals surface area contributed by atoms with Crippen molar-refractivity contribution in [3.8, 4) is 0 Å². The van der Waals surface area contributed by atoms with Gasteiger partial charge in [0.15, 0.2) is 0 Å². The first kappa shape index (κ1) is 16.1. The molecule has 23 heavy (non-hydrogen) atoms. The van der Waals surface area contributed by atoms with Crippen molar-refractivity contribution < 1.29 is 4.79 Å². The SMILES string of the molecule is Cc1nnsc1C(=O)NCc1ccc(CN2CCCCC2)cc1. The van der Waals surface area contributed by atoms with Crippen LogP contribution in [0.3, 0.4) is 0 Å². The van der Waals surface area contributed by atoms with Crippen LogP contribution in [0.1, 0.15) is 45.8 Å². The third-order valence-electron chi connectivity index (χ3n) is 4.19. The van der Waals surface area contributed by atoms with Crippen LogP contribution in [0.25, 0.3) is 0 Å². The van der Waals surface area contributed by atoms with Gasteiger partial charge in [0, 0.05) is 13.1 Å². The first-order valence-electron chi connectivity index (χ1n) is 8.10. The van der Waals surface area contributed by atoms with E-state index >= 15 is 0 Å². The first-order valence-corrected chi connectivity index (χ1v) is 8.87. The van der Waals surface area contributed by atoms with E-state index in [0.717, 1.165) is 23.6 Å². The highest BCUT2D eigenvalue weighted by atomic mass is 32.1. The number of aryl methyl sites for hydroxylation is 1. The van der Waals surface area contributed by atoms with Crippen LogP contribution in [-0.2, 0) is 13.1 Å². The van der Waals surface area contributed by atoms with E-state index in [0.29, 0.717) is 17.1 Å². The average molecular weight is 330 g/mol. The van der Waals surface area contributed by atoms with Crippen LogP contribution in [0, 0.1) is 6.92 Å². The van der Waals surface area contributed by atoms with Crippen molar-refractivity contribution in [3.63, 3.8) is 0 Å². The van der Waals surface area contributed by atoms with Gasteiger partial charge in [0.25, 0.3) is 5.91 Å². The van der Waals surface area contributed by atoms with Gasteiger partial charge in [-0.25, -0.2) is 0 Å². The summed E-state index contributed by atoms with van der Waals surface area (Å²) in [5.74, 6) is -0.102. The van der Waals surface area contributed by atoms with Gasteiger partial charge in [0.05, 0.1) is 5.69 Å². The number of aromatic nitrogens is 2. The van der Waals surface area contributed by atoms with E-state index in [9.17, 15) is 4.79 Å². The van der Waals surface area contributed by atoms with Crippen molar-refractivity contribution >= 4 is 17.4 Å². The minimum Gasteiger partial charge on any atom is -0.347 e. The van der Waals surface area contributed by atoms with Gasteiger partial charge in [-0.1, -0.05) is 35.2 Å². The Hall–Kier alpha value is -1.79. The van der Waals surface area contributed by atoms with E-state index in [-0.39, 0.29) is 5.91 Å². The normalized spacial score (nSPS) is 15.5. The van der Waals surface area contributed by atoms with E-state index in [1.54, 1.807) is 6.92 Å². The Morgan fingerprint density at radius 2 is 1.87 bits per heavy atom. The Morgan fingerprint density at radius 1 is 1.17 bits per heavy atom. The van der Waals surface area contributed by atoms with Crippen molar-refractivity contribution in [1.82, 2.24) is 19.8 Å². The topological polar surface area (TPSA) is 58.1 Å². The highest BCUT2D eigenvalue weighted by Crippen LogP contribution is 2.14. The van der Waals surface area contributed by atoms with Gasteiger partial charge < -0.3 is 5.32 Å². The largest absolute Gasteiger partial charge is 0.347 e. The van der Waals surface area contributed by atoms with E-state index < -0.39 is 0 Å². The minimum atomic E-state index is -0.102. The maximum absolute atomic E-state index is 12.0. The number of rotatable bonds is 5. The second-order valence-corrected chi connectivity index (χ2v) is 6.78. The Kier molecular flexibility index (Phi) is 5.35. The van der Waals surface area contributed by atoms with Crippen molar-refractivity contribution in [2.45, 2.75) is 39.3 Å². The quantitative estimate of drug-likeness (QED) is 0.916. The molecule has 0 bridgehead atoms. The molecular weight excluding hydrogens is 308 g/mol. The molecule has 0 spiro atoms. The maximum atomic E-state index is 12.0. The maximum Gasteiger partial charge on any atom is 0.265 e. The molecule has 2 heterocycles. The number of amides is 1. The fourth-order valence-corrected chi connectivity index (χ4v) is 3.41. The van der Waals surface area contributed by atoms with Gasteiger partial charge in [0.1, 0.15) is 4.88 Å². The van der Waals surface area contributed by atoms with Crippen molar-refractivity contribution in [3.05, 3.63) is 46.0 Å². The third kappa shape index (κ3) is 4.36. The summed E-state index contributed by atoms with van der Waals surface area (Å²) in [7, 11) is 0. The Morgan fingerprint density at radius 3 is 2.52 bits per heavy atom. The number of hydrogen-bond donors (Lipinski definition) is 1. The Labute approximate surface area is 140 Å². The van der Waals surface area contributed by atoms with Crippen LogP contribution in [0.2, 0.25) is 0 Å². The van der Waals surface area contributed by atoms with Gasteiger partial charge in [-0.15, -0.1) is 5.10 Å². The van der Waals surface area contributed by atoms with Gasteiger partial charge in [0.2, 0.25) is 0 Å². The van der Waals surface area contributed by atoms with Gasteiger partial charge in [-0.2, -0.15) is 0 Å². The van der Waals surface area contributed by atoms with E-state index in [1.807, 2.05) is 0 Å². The molecule has 1 saturated heterocycles. The molecule has 1 aromatic heterocycles.